The predicted molar refractivity (Wildman–Crippen MR) is 87.2 cm³/mol. The van der Waals surface area contributed by atoms with Gasteiger partial charge in [-0.2, -0.15) is 0 Å². The van der Waals surface area contributed by atoms with Crippen molar-refractivity contribution in [1.29, 1.82) is 0 Å². The van der Waals surface area contributed by atoms with E-state index in [2.05, 4.69) is 19.2 Å². The van der Waals surface area contributed by atoms with Crippen molar-refractivity contribution < 1.29 is 4.39 Å². The molecule has 0 saturated heterocycles. The fraction of sp³-hybridized carbons (Fsp3) is 0.333. The number of hydrogen-bond donors (Lipinski definition) is 1. The van der Waals surface area contributed by atoms with Crippen LogP contribution in [-0.2, 0) is 6.42 Å². The lowest BCUT2D eigenvalue weighted by atomic mass is 10.0. The average molecular weight is 306 g/mol. The zero-order valence-electron chi connectivity index (χ0n) is 12.4. The molecule has 1 nitrogen and oxygen atoms in total. The Hall–Kier alpha value is -1.38. The van der Waals surface area contributed by atoms with Crippen molar-refractivity contribution in [2.24, 2.45) is 0 Å². The maximum Gasteiger partial charge on any atom is 0.126 e. The Labute approximate surface area is 131 Å². The van der Waals surface area contributed by atoms with Gasteiger partial charge in [0.1, 0.15) is 5.82 Å². The van der Waals surface area contributed by atoms with Gasteiger partial charge >= 0.3 is 0 Å². The van der Waals surface area contributed by atoms with Gasteiger partial charge in [0.15, 0.2) is 0 Å². The van der Waals surface area contributed by atoms with Gasteiger partial charge in [0.25, 0.3) is 0 Å². The largest absolute Gasteiger partial charge is 0.307 e. The first kappa shape index (κ1) is 16.0. The first-order valence-electron chi connectivity index (χ1n) is 7.35. The van der Waals surface area contributed by atoms with Gasteiger partial charge in [0, 0.05) is 17.1 Å². The Balaban J connectivity index is 2.01. The number of halogens is 2. The molecule has 0 spiro atoms. The van der Waals surface area contributed by atoms with Crippen LogP contribution in [0.15, 0.2) is 48.5 Å². The summed E-state index contributed by atoms with van der Waals surface area (Å²) in [5.74, 6) is -0.134. The molecule has 112 valence electrons. The van der Waals surface area contributed by atoms with Crippen LogP contribution in [-0.4, -0.2) is 6.04 Å². The molecule has 0 aliphatic carbocycles. The van der Waals surface area contributed by atoms with Gasteiger partial charge < -0.3 is 5.32 Å². The molecule has 2 atom stereocenters. The Kier molecular flexibility index (Phi) is 5.77. The summed E-state index contributed by atoms with van der Waals surface area (Å²) in [4.78, 5) is 0. The molecule has 21 heavy (non-hydrogen) atoms. The second-order valence-corrected chi connectivity index (χ2v) is 5.81. The quantitative estimate of drug-likeness (QED) is 0.778. The molecule has 2 unspecified atom stereocenters. The Morgan fingerprint density at radius 1 is 1.10 bits per heavy atom. The minimum Gasteiger partial charge on any atom is -0.307 e. The lowest BCUT2D eigenvalue weighted by Gasteiger charge is -2.23. The smallest absolute Gasteiger partial charge is 0.126 e. The molecular weight excluding hydrogens is 285 g/mol. The van der Waals surface area contributed by atoms with Crippen LogP contribution >= 0.6 is 11.6 Å². The second-order valence-electron chi connectivity index (χ2n) is 5.38. The van der Waals surface area contributed by atoms with E-state index in [-0.39, 0.29) is 17.9 Å². The van der Waals surface area contributed by atoms with Gasteiger partial charge in [0.05, 0.1) is 0 Å². The summed E-state index contributed by atoms with van der Waals surface area (Å²) in [6, 6.07) is 15.3. The molecule has 0 aliphatic rings. The van der Waals surface area contributed by atoms with Gasteiger partial charge in [-0.15, -0.1) is 0 Å². The fourth-order valence-electron chi connectivity index (χ4n) is 2.54. The third-order valence-corrected chi connectivity index (χ3v) is 3.90. The van der Waals surface area contributed by atoms with Crippen LogP contribution < -0.4 is 5.32 Å². The van der Waals surface area contributed by atoms with Crippen molar-refractivity contribution in [2.75, 3.05) is 0 Å². The topological polar surface area (TPSA) is 12.0 Å². The first-order chi connectivity index (χ1) is 10.1. The molecule has 0 heterocycles. The minimum absolute atomic E-state index is 0.134. The maximum absolute atomic E-state index is 13.7. The number of nitrogens with one attached hydrogen (secondary N) is 1. The molecular formula is C18H21ClFN. The van der Waals surface area contributed by atoms with Crippen molar-refractivity contribution in [2.45, 2.75) is 38.8 Å². The lowest BCUT2D eigenvalue weighted by molar-refractivity contribution is 0.438. The number of benzene rings is 2. The van der Waals surface area contributed by atoms with E-state index in [0.29, 0.717) is 6.42 Å². The van der Waals surface area contributed by atoms with Crippen LogP contribution in [0.4, 0.5) is 4.39 Å². The fourth-order valence-corrected chi connectivity index (χ4v) is 2.67. The summed E-state index contributed by atoms with van der Waals surface area (Å²) < 4.78 is 13.7. The van der Waals surface area contributed by atoms with E-state index in [1.807, 2.05) is 36.4 Å². The Bertz CT molecular complexity index is 568. The summed E-state index contributed by atoms with van der Waals surface area (Å²) >= 11 is 5.93. The lowest BCUT2D eigenvalue weighted by Crippen LogP contribution is -2.32. The Morgan fingerprint density at radius 2 is 1.76 bits per heavy atom. The third kappa shape index (κ3) is 4.55. The highest BCUT2D eigenvalue weighted by Crippen LogP contribution is 2.20. The van der Waals surface area contributed by atoms with Crippen LogP contribution in [0.5, 0.6) is 0 Å². The van der Waals surface area contributed by atoms with Crippen molar-refractivity contribution >= 4 is 11.6 Å². The van der Waals surface area contributed by atoms with E-state index in [0.717, 1.165) is 17.0 Å². The number of hydrogen-bond acceptors (Lipinski definition) is 1. The zero-order valence-corrected chi connectivity index (χ0v) is 13.2. The highest BCUT2D eigenvalue weighted by Gasteiger charge is 2.14. The van der Waals surface area contributed by atoms with E-state index in [1.54, 1.807) is 6.07 Å². The van der Waals surface area contributed by atoms with E-state index in [4.69, 9.17) is 11.6 Å². The van der Waals surface area contributed by atoms with Crippen molar-refractivity contribution in [1.82, 2.24) is 5.32 Å². The molecule has 2 aromatic rings. The van der Waals surface area contributed by atoms with Crippen molar-refractivity contribution in [3.8, 4) is 0 Å². The van der Waals surface area contributed by atoms with Gasteiger partial charge in [-0.1, -0.05) is 48.9 Å². The predicted octanol–water partition coefficient (Wildman–Crippen LogP) is 5.15. The second kappa shape index (κ2) is 7.58. The van der Waals surface area contributed by atoms with Gasteiger partial charge in [-0.05, 0) is 49.1 Å². The molecule has 2 aromatic carbocycles. The van der Waals surface area contributed by atoms with Gasteiger partial charge in [-0.25, -0.2) is 4.39 Å². The van der Waals surface area contributed by atoms with E-state index in [1.165, 1.54) is 11.6 Å². The van der Waals surface area contributed by atoms with Crippen LogP contribution in [0.3, 0.4) is 0 Å². The molecule has 0 amide bonds. The molecule has 0 fully saturated rings. The molecule has 0 saturated carbocycles. The van der Waals surface area contributed by atoms with Crippen LogP contribution in [0, 0.1) is 5.82 Å². The standard InChI is InChI=1S/C18H21ClFN/c1-3-18(14-8-10-16(19)11-9-14)21-13(2)12-15-6-4-5-7-17(15)20/h4-11,13,18,21H,3,12H2,1-2H3. The third-order valence-electron chi connectivity index (χ3n) is 3.65. The number of rotatable bonds is 6. The SMILES string of the molecule is CCC(NC(C)Cc1ccccc1F)c1ccc(Cl)cc1. The van der Waals surface area contributed by atoms with E-state index < -0.39 is 0 Å². The summed E-state index contributed by atoms with van der Waals surface area (Å²) in [5.41, 5.74) is 1.96. The van der Waals surface area contributed by atoms with Crippen LogP contribution in [0.25, 0.3) is 0 Å². The van der Waals surface area contributed by atoms with Crippen LogP contribution in [0.1, 0.15) is 37.4 Å². The minimum atomic E-state index is -0.134. The Morgan fingerprint density at radius 3 is 2.38 bits per heavy atom. The molecule has 3 heteroatoms. The normalized spacial score (nSPS) is 13.9. The molecule has 1 N–H and O–H groups in total. The highest BCUT2D eigenvalue weighted by molar-refractivity contribution is 6.30. The molecule has 0 radical (unpaired) electrons. The average Bonchev–Trinajstić information content (AvgIpc) is 2.48. The molecule has 0 bridgehead atoms. The summed E-state index contributed by atoms with van der Waals surface area (Å²) in [7, 11) is 0. The van der Waals surface area contributed by atoms with E-state index >= 15 is 0 Å². The monoisotopic (exact) mass is 305 g/mol. The summed E-state index contributed by atoms with van der Waals surface area (Å²) in [5, 5.41) is 4.31. The maximum atomic E-state index is 13.7. The summed E-state index contributed by atoms with van der Waals surface area (Å²) in [6.45, 7) is 4.23. The van der Waals surface area contributed by atoms with E-state index in [9.17, 15) is 4.39 Å². The van der Waals surface area contributed by atoms with Crippen molar-refractivity contribution in [3.05, 3.63) is 70.5 Å². The van der Waals surface area contributed by atoms with Gasteiger partial charge in [-0.3, -0.25) is 0 Å². The highest BCUT2D eigenvalue weighted by atomic mass is 35.5. The first-order valence-corrected chi connectivity index (χ1v) is 7.73. The molecule has 0 aliphatic heterocycles. The zero-order chi connectivity index (χ0) is 15.2. The summed E-state index contributed by atoms with van der Waals surface area (Å²) in [6.07, 6.45) is 1.65. The molecule has 0 aromatic heterocycles. The molecule has 2 rings (SSSR count). The van der Waals surface area contributed by atoms with Crippen LogP contribution in [0.2, 0.25) is 5.02 Å². The van der Waals surface area contributed by atoms with Gasteiger partial charge in [0.2, 0.25) is 0 Å². The van der Waals surface area contributed by atoms with Crippen molar-refractivity contribution in [3.63, 3.8) is 0 Å².